The zero-order valence-corrected chi connectivity index (χ0v) is 10.8. The van der Waals surface area contributed by atoms with Gasteiger partial charge in [0.05, 0.1) is 0 Å². The lowest BCUT2D eigenvalue weighted by Gasteiger charge is -2.30. The summed E-state index contributed by atoms with van der Waals surface area (Å²) in [6.45, 7) is 6.14. The number of hydrogen-bond donors (Lipinski definition) is 1. The largest absolute Gasteiger partial charge is 0.368 e. The number of piperidine rings is 1. The highest BCUT2D eigenvalue weighted by atomic mass is 16.2. The molecule has 17 heavy (non-hydrogen) atoms. The first-order valence-electron chi connectivity index (χ1n) is 6.58. The number of nitrogens with zero attached hydrogens (tertiary/aromatic N) is 1. The maximum atomic E-state index is 12.4. The summed E-state index contributed by atoms with van der Waals surface area (Å²) in [5.74, 6) is 0.644. The van der Waals surface area contributed by atoms with Crippen molar-refractivity contribution in [2.24, 2.45) is 23.5 Å². The van der Waals surface area contributed by atoms with Crippen LogP contribution in [0.25, 0.3) is 0 Å². The minimum Gasteiger partial charge on any atom is -0.368 e. The van der Waals surface area contributed by atoms with Gasteiger partial charge in [0.2, 0.25) is 11.8 Å². The number of hydrogen-bond acceptors (Lipinski definition) is 2. The van der Waals surface area contributed by atoms with Gasteiger partial charge >= 0.3 is 0 Å². The van der Waals surface area contributed by atoms with Crippen LogP contribution in [0.4, 0.5) is 0 Å². The minimum absolute atomic E-state index is 0.0128. The number of nitrogens with two attached hydrogens (primary N) is 1. The van der Waals surface area contributed by atoms with Gasteiger partial charge in [0.15, 0.2) is 0 Å². The van der Waals surface area contributed by atoms with E-state index in [1.165, 1.54) is 0 Å². The van der Waals surface area contributed by atoms with Gasteiger partial charge in [0.25, 0.3) is 0 Å². The van der Waals surface area contributed by atoms with Crippen LogP contribution in [0.2, 0.25) is 0 Å². The summed E-state index contributed by atoms with van der Waals surface area (Å²) in [4.78, 5) is 25.6. The van der Waals surface area contributed by atoms with E-state index < -0.39 is 0 Å². The van der Waals surface area contributed by atoms with Crippen LogP contribution in [0.1, 0.15) is 40.0 Å². The summed E-state index contributed by atoms with van der Waals surface area (Å²) in [6, 6.07) is -0.0516. The van der Waals surface area contributed by atoms with Crippen LogP contribution in [0.5, 0.6) is 0 Å². The second-order valence-electron chi connectivity index (χ2n) is 5.64. The van der Waals surface area contributed by atoms with Crippen molar-refractivity contribution in [1.82, 2.24) is 4.90 Å². The fraction of sp³-hybridized carbons (Fsp3) is 0.846. The molecule has 0 radical (unpaired) electrons. The van der Waals surface area contributed by atoms with E-state index in [-0.39, 0.29) is 23.8 Å². The van der Waals surface area contributed by atoms with Gasteiger partial charge in [0.1, 0.15) is 6.04 Å². The average molecular weight is 238 g/mol. The number of likely N-dealkylation sites (tertiary alicyclic amines) is 1. The van der Waals surface area contributed by atoms with Crippen molar-refractivity contribution in [2.75, 3.05) is 0 Å². The Labute approximate surface area is 103 Å². The van der Waals surface area contributed by atoms with E-state index in [1.54, 1.807) is 4.90 Å². The Bertz CT molecular complexity index is 342. The Hall–Kier alpha value is -1.06. The molecular weight excluding hydrogens is 216 g/mol. The number of primary amides is 1. The monoisotopic (exact) mass is 238 g/mol. The van der Waals surface area contributed by atoms with Crippen molar-refractivity contribution in [3.05, 3.63) is 0 Å². The number of carbonyl (C=O) groups excluding carboxylic acids is 2. The minimum atomic E-state index is -0.349. The SMILES string of the molecule is CCC(C)[C@H](C)C(=O)N1C2CC2C[C@H]1C(N)=O. The summed E-state index contributed by atoms with van der Waals surface area (Å²) in [5, 5.41) is 0. The summed E-state index contributed by atoms with van der Waals surface area (Å²) >= 11 is 0. The van der Waals surface area contributed by atoms with Crippen LogP contribution in [-0.4, -0.2) is 28.8 Å². The van der Waals surface area contributed by atoms with Crippen LogP contribution in [0.3, 0.4) is 0 Å². The Morgan fingerprint density at radius 2 is 2.00 bits per heavy atom. The summed E-state index contributed by atoms with van der Waals surface area (Å²) in [6.07, 6.45) is 2.82. The highest BCUT2D eigenvalue weighted by Crippen LogP contribution is 2.48. The molecule has 2 fully saturated rings. The van der Waals surface area contributed by atoms with E-state index in [2.05, 4.69) is 13.8 Å². The molecule has 2 N–H and O–H groups in total. The molecule has 1 heterocycles. The molecule has 0 spiro atoms. The molecule has 3 unspecified atom stereocenters. The van der Waals surface area contributed by atoms with Crippen LogP contribution in [-0.2, 0) is 9.59 Å². The zero-order chi connectivity index (χ0) is 12.7. The van der Waals surface area contributed by atoms with Gasteiger partial charge in [0, 0.05) is 12.0 Å². The topological polar surface area (TPSA) is 63.4 Å². The van der Waals surface area contributed by atoms with Crippen molar-refractivity contribution in [3.63, 3.8) is 0 Å². The lowest BCUT2D eigenvalue weighted by molar-refractivity contribution is -0.142. The van der Waals surface area contributed by atoms with Crippen molar-refractivity contribution in [3.8, 4) is 0 Å². The molecule has 2 amide bonds. The first-order valence-corrected chi connectivity index (χ1v) is 6.58. The molecule has 0 aromatic rings. The fourth-order valence-electron chi connectivity index (χ4n) is 2.86. The molecule has 1 aliphatic heterocycles. The second-order valence-corrected chi connectivity index (χ2v) is 5.64. The van der Waals surface area contributed by atoms with Crippen LogP contribution in [0, 0.1) is 17.8 Å². The molecule has 2 aliphatic rings. The van der Waals surface area contributed by atoms with Crippen molar-refractivity contribution < 1.29 is 9.59 Å². The third-order valence-electron chi connectivity index (χ3n) is 4.57. The smallest absolute Gasteiger partial charge is 0.240 e. The third kappa shape index (κ3) is 2.05. The molecule has 1 saturated heterocycles. The highest BCUT2D eigenvalue weighted by molar-refractivity contribution is 5.89. The summed E-state index contributed by atoms with van der Waals surface area (Å²) in [7, 11) is 0. The van der Waals surface area contributed by atoms with Gasteiger partial charge in [-0.15, -0.1) is 0 Å². The maximum Gasteiger partial charge on any atom is 0.240 e. The van der Waals surface area contributed by atoms with Gasteiger partial charge in [-0.05, 0) is 24.7 Å². The molecule has 5 atom stereocenters. The van der Waals surface area contributed by atoms with Crippen molar-refractivity contribution in [2.45, 2.75) is 52.1 Å². The predicted molar refractivity (Wildman–Crippen MR) is 65.0 cm³/mol. The molecule has 0 aromatic carbocycles. The van der Waals surface area contributed by atoms with E-state index in [1.807, 2.05) is 6.92 Å². The fourth-order valence-corrected chi connectivity index (χ4v) is 2.86. The van der Waals surface area contributed by atoms with Crippen LogP contribution >= 0.6 is 0 Å². The predicted octanol–water partition coefficient (Wildman–Crippen LogP) is 1.14. The third-order valence-corrected chi connectivity index (χ3v) is 4.57. The highest BCUT2D eigenvalue weighted by Gasteiger charge is 2.56. The molecule has 4 nitrogen and oxygen atoms in total. The lowest BCUT2D eigenvalue weighted by atomic mass is 9.92. The van der Waals surface area contributed by atoms with Crippen molar-refractivity contribution >= 4 is 11.8 Å². The quantitative estimate of drug-likeness (QED) is 0.798. The molecule has 0 aromatic heterocycles. The van der Waals surface area contributed by atoms with Gasteiger partial charge < -0.3 is 10.6 Å². The maximum absolute atomic E-state index is 12.4. The molecule has 1 saturated carbocycles. The average Bonchev–Trinajstić information content (AvgIpc) is 2.97. The number of rotatable bonds is 4. The standard InChI is InChI=1S/C13H22N2O2/c1-4-7(2)8(3)13(17)15-10-5-9(10)6-11(15)12(14)16/h7-11H,4-6H2,1-3H3,(H2,14,16)/t7?,8-,9?,10?,11-/m0/s1. The van der Waals surface area contributed by atoms with E-state index in [9.17, 15) is 9.59 Å². The number of amides is 2. The van der Waals surface area contributed by atoms with Crippen LogP contribution in [0.15, 0.2) is 0 Å². The van der Waals surface area contributed by atoms with Gasteiger partial charge in [-0.1, -0.05) is 27.2 Å². The van der Waals surface area contributed by atoms with E-state index in [0.29, 0.717) is 17.9 Å². The van der Waals surface area contributed by atoms with Gasteiger partial charge in [-0.2, -0.15) is 0 Å². The summed E-state index contributed by atoms with van der Waals surface area (Å²) in [5.41, 5.74) is 5.38. The zero-order valence-electron chi connectivity index (χ0n) is 10.8. The molecule has 1 aliphatic carbocycles. The molecular formula is C13H22N2O2. The second kappa shape index (κ2) is 4.31. The first-order chi connectivity index (χ1) is 7.97. The number of fused-ring (bicyclic) bond motifs is 1. The summed E-state index contributed by atoms with van der Waals surface area (Å²) < 4.78 is 0. The van der Waals surface area contributed by atoms with Crippen molar-refractivity contribution in [1.29, 1.82) is 0 Å². The van der Waals surface area contributed by atoms with E-state index >= 15 is 0 Å². The Kier molecular flexibility index (Phi) is 3.15. The molecule has 96 valence electrons. The normalized spacial score (nSPS) is 34.1. The Balaban J connectivity index is 2.09. The lowest BCUT2D eigenvalue weighted by Crippen LogP contribution is -2.48. The molecule has 2 rings (SSSR count). The molecule has 4 heteroatoms. The molecule has 0 bridgehead atoms. The van der Waals surface area contributed by atoms with Gasteiger partial charge in [-0.25, -0.2) is 0 Å². The first kappa shape index (κ1) is 12.4. The van der Waals surface area contributed by atoms with Crippen LogP contribution < -0.4 is 5.73 Å². The number of carbonyl (C=O) groups is 2. The van der Waals surface area contributed by atoms with Gasteiger partial charge in [-0.3, -0.25) is 9.59 Å². The van der Waals surface area contributed by atoms with E-state index in [4.69, 9.17) is 5.73 Å². The van der Waals surface area contributed by atoms with E-state index in [0.717, 1.165) is 19.3 Å². The Morgan fingerprint density at radius 3 is 2.53 bits per heavy atom. The Morgan fingerprint density at radius 1 is 1.35 bits per heavy atom.